The average Bonchev–Trinajstić information content (AvgIpc) is 2.52. The van der Waals surface area contributed by atoms with Crippen molar-refractivity contribution in [2.45, 2.75) is 44.2 Å². The summed E-state index contributed by atoms with van der Waals surface area (Å²) in [6.45, 7) is 0.786. The zero-order chi connectivity index (χ0) is 17.9. The highest BCUT2D eigenvalue weighted by molar-refractivity contribution is 6.35. The fourth-order valence-corrected chi connectivity index (χ4v) is 2.89. The Morgan fingerprint density at radius 1 is 1.33 bits per heavy atom. The predicted molar refractivity (Wildman–Crippen MR) is 86.6 cm³/mol. The number of benzene rings is 1. The van der Waals surface area contributed by atoms with Crippen LogP contribution in [0.1, 0.15) is 12.5 Å². The van der Waals surface area contributed by atoms with E-state index in [1.807, 2.05) is 0 Å². The molecule has 7 nitrogen and oxygen atoms in total. The molecule has 24 heavy (non-hydrogen) atoms. The van der Waals surface area contributed by atoms with Crippen LogP contribution in [0.4, 0.5) is 0 Å². The topological polar surface area (TPSA) is 108 Å². The Hall–Kier alpha value is -0.930. The minimum atomic E-state index is -1.36. The number of nitrogens with one attached hydrogen (secondary N) is 1. The fourth-order valence-electron chi connectivity index (χ4n) is 2.42. The van der Waals surface area contributed by atoms with Gasteiger partial charge in [-0.05, 0) is 17.7 Å². The molecule has 4 N–H and O–H groups in total. The number of aliphatic hydroxyl groups is 3. The van der Waals surface area contributed by atoms with E-state index >= 15 is 0 Å². The van der Waals surface area contributed by atoms with Crippen molar-refractivity contribution >= 4 is 29.1 Å². The molecule has 1 aliphatic rings. The summed E-state index contributed by atoms with van der Waals surface area (Å²) in [5.74, 6) is -0.421. The van der Waals surface area contributed by atoms with E-state index in [2.05, 4.69) is 5.32 Å². The molecule has 1 amide bonds. The highest BCUT2D eigenvalue weighted by Crippen LogP contribution is 2.26. The van der Waals surface area contributed by atoms with Crippen molar-refractivity contribution in [2.75, 3.05) is 6.61 Å². The van der Waals surface area contributed by atoms with Crippen molar-refractivity contribution in [3.8, 4) is 0 Å². The molecule has 1 heterocycles. The number of hydrogen-bond acceptors (Lipinski definition) is 6. The van der Waals surface area contributed by atoms with Crippen LogP contribution in [0, 0.1) is 0 Å². The molecule has 1 aromatic carbocycles. The van der Waals surface area contributed by atoms with E-state index in [1.165, 1.54) is 6.92 Å². The maximum atomic E-state index is 11.3. The summed E-state index contributed by atoms with van der Waals surface area (Å²) in [6, 6.07) is 3.89. The molecule has 0 radical (unpaired) electrons. The van der Waals surface area contributed by atoms with Crippen molar-refractivity contribution in [1.82, 2.24) is 5.32 Å². The summed E-state index contributed by atoms with van der Waals surface area (Å²) in [5, 5.41) is 32.7. The third kappa shape index (κ3) is 4.58. The maximum Gasteiger partial charge on any atom is 0.217 e. The number of halogens is 2. The van der Waals surface area contributed by atoms with Gasteiger partial charge >= 0.3 is 0 Å². The quantitative estimate of drug-likeness (QED) is 0.591. The Balaban J connectivity index is 2.12. The van der Waals surface area contributed by atoms with Crippen molar-refractivity contribution < 1.29 is 29.6 Å². The molecule has 0 bridgehead atoms. The van der Waals surface area contributed by atoms with Gasteiger partial charge in [0.1, 0.15) is 24.4 Å². The number of carbonyl (C=O) groups excluding carboxylic acids is 1. The standard InChI is InChI=1S/C15H19Cl2NO6/c1-7(20)18-12-14(22)13(21)11(5-19)24-15(12)23-6-8-2-3-9(16)4-10(8)17/h2-4,11-15,19,21-22H,5-6H2,1H3,(H,18,20)/t11-,12+,13-,14+,15-/m1/s1. The number of carbonyl (C=O) groups is 1. The van der Waals surface area contributed by atoms with Crippen LogP contribution in [-0.4, -0.2) is 58.5 Å². The molecular weight excluding hydrogens is 361 g/mol. The lowest BCUT2D eigenvalue weighted by Crippen LogP contribution is -2.64. The number of hydrogen-bond donors (Lipinski definition) is 4. The highest BCUT2D eigenvalue weighted by Gasteiger charge is 2.45. The van der Waals surface area contributed by atoms with Crippen molar-refractivity contribution in [2.24, 2.45) is 0 Å². The normalized spacial score (nSPS) is 30.2. The van der Waals surface area contributed by atoms with E-state index in [0.717, 1.165) is 0 Å². The van der Waals surface area contributed by atoms with Crippen LogP contribution in [0.3, 0.4) is 0 Å². The van der Waals surface area contributed by atoms with Gasteiger partial charge in [-0.15, -0.1) is 0 Å². The van der Waals surface area contributed by atoms with E-state index in [9.17, 15) is 20.1 Å². The minimum absolute atomic E-state index is 0.0255. The molecule has 0 spiro atoms. The first-order chi connectivity index (χ1) is 11.3. The van der Waals surface area contributed by atoms with E-state index in [1.54, 1.807) is 18.2 Å². The molecule has 1 saturated heterocycles. The summed E-state index contributed by atoms with van der Waals surface area (Å²) in [6.07, 6.45) is -4.82. The van der Waals surface area contributed by atoms with Crippen LogP contribution >= 0.6 is 23.2 Å². The number of ether oxygens (including phenoxy) is 2. The van der Waals surface area contributed by atoms with Gasteiger partial charge in [0.05, 0.1) is 13.2 Å². The molecule has 0 aromatic heterocycles. The Kier molecular flexibility index (Phi) is 6.82. The van der Waals surface area contributed by atoms with Gasteiger partial charge in [0.2, 0.25) is 5.91 Å². The second-order valence-electron chi connectivity index (χ2n) is 5.48. The SMILES string of the molecule is CC(=O)N[C@@H]1[C@H](OCc2ccc(Cl)cc2Cl)O[C@H](CO)[C@@H](O)[C@H]1O. The monoisotopic (exact) mass is 379 g/mol. The number of amides is 1. The van der Waals surface area contributed by atoms with Gasteiger partial charge < -0.3 is 30.1 Å². The lowest BCUT2D eigenvalue weighted by atomic mass is 9.97. The summed E-state index contributed by atoms with van der Waals surface area (Å²) >= 11 is 11.9. The molecule has 9 heteroatoms. The molecule has 0 saturated carbocycles. The molecule has 1 fully saturated rings. The molecule has 2 rings (SSSR count). The Labute approximate surface area is 149 Å². The van der Waals surface area contributed by atoms with Gasteiger partial charge in [-0.3, -0.25) is 4.79 Å². The zero-order valence-electron chi connectivity index (χ0n) is 12.9. The lowest BCUT2D eigenvalue weighted by Gasteiger charge is -2.42. The largest absolute Gasteiger partial charge is 0.394 e. The second-order valence-corrected chi connectivity index (χ2v) is 6.32. The van der Waals surface area contributed by atoms with E-state index in [4.69, 9.17) is 32.7 Å². The number of aliphatic hydroxyl groups excluding tert-OH is 3. The van der Waals surface area contributed by atoms with Gasteiger partial charge in [0.25, 0.3) is 0 Å². The van der Waals surface area contributed by atoms with Crippen LogP contribution in [0.2, 0.25) is 10.0 Å². The summed E-state index contributed by atoms with van der Waals surface area (Å²) in [7, 11) is 0. The molecule has 134 valence electrons. The number of rotatable bonds is 5. The van der Waals surface area contributed by atoms with Crippen LogP contribution < -0.4 is 5.32 Å². The molecule has 1 aromatic rings. The predicted octanol–water partition coefficient (Wildman–Crippen LogP) is 0.454. The Bertz CT molecular complexity index is 587. The minimum Gasteiger partial charge on any atom is -0.394 e. The van der Waals surface area contributed by atoms with Gasteiger partial charge in [0.15, 0.2) is 6.29 Å². The zero-order valence-corrected chi connectivity index (χ0v) is 14.4. The van der Waals surface area contributed by atoms with E-state index in [0.29, 0.717) is 15.6 Å². The average molecular weight is 380 g/mol. The smallest absolute Gasteiger partial charge is 0.217 e. The summed E-state index contributed by atoms with van der Waals surface area (Å²) in [4.78, 5) is 11.3. The first-order valence-corrected chi connectivity index (χ1v) is 8.04. The lowest BCUT2D eigenvalue weighted by molar-refractivity contribution is -0.273. The molecule has 0 aliphatic carbocycles. The van der Waals surface area contributed by atoms with Gasteiger partial charge in [0, 0.05) is 17.0 Å². The van der Waals surface area contributed by atoms with Crippen molar-refractivity contribution in [3.63, 3.8) is 0 Å². The third-order valence-corrected chi connectivity index (χ3v) is 4.26. The molecular formula is C15H19Cl2NO6. The molecule has 0 unspecified atom stereocenters. The van der Waals surface area contributed by atoms with Crippen molar-refractivity contribution in [1.29, 1.82) is 0 Å². The molecule has 5 atom stereocenters. The van der Waals surface area contributed by atoms with Crippen LogP contribution in [0.5, 0.6) is 0 Å². The Morgan fingerprint density at radius 3 is 2.62 bits per heavy atom. The first-order valence-electron chi connectivity index (χ1n) is 7.28. The van der Waals surface area contributed by atoms with E-state index < -0.39 is 43.2 Å². The van der Waals surface area contributed by atoms with Gasteiger partial charge in [-0.1, -0.05) is 29.3 Å². The maximum absolute atomic E-state index is 11.3. The summed E-state index contributed by atoms with van der Waals surface area (Å²) in [5.41, 5.74) is 0.632. The van der Waals surface area contributed by atoms with E-state index in [-0.39, 0.29) is 6.61 Å². The van der Waals surface area contributed by atoms with Gasteiger partial charge in [-0.2, -0.15) is 0 Å². The summed E-state index contributed by atoms with van der Waals surface area (Å²) < 4.78 is 11.1. The first kappa shape index (κ1) is 19.4. The third-order valence-electron chi connectivity index (χ3n) is 3.67. The van der Waals surface area contributed by atoms with Crippen LogP contribution in [0.15, 0.2) is 18.2 Å². The van der Waals surface area contributed by atoms with Crippen molar-refractivity contribution in [3.05, 3.63) is 33.8 Å². The molecule has 1 aliphatic heterocycles. The highest BCUT2D eigenvalue weighted by atomic mass is 35.5. The second kappa shape index (κ2) is 8.44. The van der Waals surface area contributed by atoms with Crippen LogP contribution in [-0.2, 0) is 20.9 Å². The van der Waals surface area contributed by atoms with Gasteiger partial charge in [-0.25, -0.2) is 0 Å². The van der Waals surface area contributed by atoms with Crippen LogP contribution in [0.25, 0.3) is 0 Å². The fraction of sp³-hybridized carbons (Fsp3) is 0.533. The Morgan fingerprint density at radius 2 is 2.04 bits per heavy atom.